The molecule has 1 aliphatic rings. The van der Waals surface area contributed by atoms with Crippen LogP contribution in [0.5, 0.6) is 0 Å². The molecule has 1 saturated carbocycles. The molecule has 0 spiro atoms. The maximum absolute atomic E-state index is 13.5. The van der Waals surface area contributed by atoms with E-state index in [9.17, 15) is 9.50 Å². The highest BCUT2D eigenvalue weighted by molar-refractivity contribution is 5.79. The fourth-order valence-corrected chi connectivity index (χ4v) is 3.25. The highest BCUT2D eigenvalue weighted by atomic mass is 19.1. The normalized spacial score (nSPS) is 16.6. The van der Waals surface area contributed by atoms with Gasteiger partial charge in [0.1, 0.15) is 5.82 Å². The standard InChI is InChI=1S/C22H28FN3O/c1-2-24-21(25-15-20(27)13-17-7-4-3-5-8-17)26-16-22(11-12-22)18-9-6-10-19(23)14-18/h3-10,14,20,27H,2,11-13,15-16H2,1H3,(H2,24,25,26). The van der Waals surface area contributed by atoms with E-state index in [1.165, 1.54) is 6.07 Å². The van der Waals surface area contributed by atoms with E-state index < -0.39 is 6.10 Å². The molecule has 1 fully saturated rings. The van der Waals surface area contributed by atoms with Crippen LogP contribution in [0.2, 0.25) is 0 Å². The number of nitrogens with one attached hydrogen (secondary N) is 2. The monoisotopic (exact) mass is 369 g/mol. The van der Waals surface area contributed by atoms with Crippen LogP contribution in [-0.2, 0) is 11.8 Å². The summed E-state index contributed by atoms with van der Waals surface area (Å²) in [5, 5.41) is 16.7. The van der Waals surface area contributed by atoms with Crippen LogP contribution in [0.25, 0.3) is 0 Å². The molecular weight excluding hydrogens is 341 g/mol. The Labute approximate surface area is 160 Å². The Morgan fingerprint density at radius 3 is 2.59 bits per heavy atom. The molecule has 3 N–H and O–H groups in total. The Morgan fingerprint density at radius 1 is 1.15 bits per heavy atom. The Bertz CT molecular complexity index is 759. The van der Waals surface area contributed by atoms with Crippen molar-refractivity contribution in [2.75, 3.05) is 19.6 Å². The molecule has 1 atom stereocenters. The van der Waals surface area contributed by atoms with Gasteiger partial charge in [-0.05, 0) is 43.0 Å². The topological polar surface area (TPSA) is 56.7 Å². The zero-order valence-electron chi connectivity index (χ0n) is 15.8. The number of hydrogen-bond acceptors (Lipinski definition) is 2. The number of aliphatic imine (C=N–C) groups is 1. The van der Waals surface area contributed by atoms with Crippen molar-refractivity contribution >= 4 is 5.96 Å². The third-order valence-corrected chi connectivity index (χ3v) is 4.99. The van der Waals surface area contributed by atoms with Crippen molar-refractivity contribution in [1.29, 1.82) is 0 Å². The minimum Gasteiger partial charge on any atom is -0.391 e. The molecule has 2 aromatic rings. The van der Waals surface area contributed by atoms with E-state index in [-0.39, 0.29) is 11.2 Å². The van der Waals surface area contributed by atoms with Crippen molar-refractivity contribution in [2.24, 2.45) is 4.99 Å². The first-order valence-corrected chi connectivity index (χ1v) is 9.61. The second kappa shape index (κ2) is 9.00. The van der Waals surface area contributed by atoms with Crippen molar-refractivity contribution in [3.63, 3.8) is 0 Å². The maximum Gasteiger partial charge on any atom is 0.191 e. The number of nitrogens with zero attached hydrogens (tertiary/aromatic N) is 1. The van der Waals surface area contributed by atoms with Gasteiger partial charge in [0.05, 0.1) is 12.6 Å². The molecule has 0 aliphatic heterocycles. The van der Waals surface area contributed by atoms with Crippen molar-refractivity contribution in [3.8, 4) is 0 Å². The van der Waals surface area contributed by atoms with Gasteiger partial charge in [0.2, 0.25) is 0 Å². The zero-order valence-corrected chi connectivity index (χ0v) is 15.8. The number of aliphatic hydroxyl groups excluding tert-OH is 1. The van der Waals surface area contributed by atoms with Crippen molar-refractivity contribution < 1.29 is 9.50 Å². The summed E-state index contributed by atoms with van der Waals surface area (Å²) < 4.78 is 13.5. The van der Waals surface area contributed by atoms with E-state index in [4.69, 9.17) is 4.99 Å². The average Bonchev–Trinajstić information content (AvgIpc) is 3.46. The lowest BCUT2D eigenvalue weighted by Gasteiger charge is -2.18. The van der Waals surface area contributed by atoms with Crippen LogP contribution < -0.4 is 10.6 Å². The van der Waals surface area contributed by atoms with Crippen LogP contribution in [0.1, 0.15) is 30.9 Å². The summed E-state index contributed by atoms with van der Waals surface area (Å²) in [6.07, 6.45) is 2.15. The molecule has 0 heterocycles. The van der Waals surface area contributed by atoms with Crippen LogP contribution in [0, 0.1) is 5.82 Å². The second-order valence-electron chi connectivity index (χ2n) is 7.21. The number of hydrogen-bond donors (Lipinski definition) is 3. The van der Waals surface area contributed by atoms with Gasteiger partial charge < -0.3 is 15.7 Å². The highest BCUT2D eigenvalue weighted by Crippen LogP contribution is 2.48. The molecule has 2 aromatic carbocycles. The fraction of sp³-hybridized carbons (Fsp3) is 0.409. The maximum atomic E-state index is 13.5. The minimum atomic E-state index is -0.491. The van der Waals surface area contributed by atoms with Crippen LogP contribution >= 0.6 is 0 Å². The SMILES string of the molecule is CCNC(=NCC1(c2cccc(F)c2)CC1)NCC(O)Cc1ccccc1. The van der Waals surface area contributed by atoms with Gasteiger partial charge in [0.15, 0.2) is 5.96 Å². The van der Waals surface area contributed by atoms with Crippen molar-refractivity contribution in [2.45, 2.75) is 37.7 Å². The largest absolute Gasteiger partial charge is 0.391 e. The molecule has 27 heavy (non-hydrogen) atoms. The fourth-order valence-electron chi connectivity index (χ4n) is 3.25. The summed E-state index contributed by atoms with van der Waals surface area (Å²) in [6, 6.07) is 16.8. The summed E-state index contributed by atoms with van der Waals surface area (Å²) in [6.45, 7) is 3.79. The van der Waals surface area contributed by atoms with Crippen LogP contribution in [0.15, 0.2) is 59.6 Å². The molecule has 0 aromatic heterocycles. The van der Waals surface area contributed by atoms with E-state index in [0.717, 1.165) is 30.5 Å². The lowest BCUT2D eigenvalue weighted by Crippen LogP contribution is -2.42. The van der Waals surface area contributed by atoms with Crippen LogP contribution in [-0.4, -0.2) is 36.8 Å². The summed E-state index contributed by atoms with van der Waals surface area (Å²) in [5.74, 6) is 0.490. The molecule has 0 radical (unpaired) electrons. The third kappa shape index (κ3) is 5.54. The number of halogens is 1. The Balaban J connectivity index is 1.56. The Kier molecular flexibility index (Phi) is 6.45. The van der Waals surface area contributed by atoms with Gasteiger partial charge in [0.25, 0.3) is 0 Å². The summed E-state index contributed by atoms with van der Waals surface area (Å²) in [4.78, 5) is 4.69. The molecule has 144 valence electrons. The lowest BCUT2D eigenvalue weighted by molar-refractivity contribution is 0.177. The molecule has 5 heteroatoms. The first-order chi connectivity index (χ1) is 13.1. The van der Waals surface area contributed by atoms with Gasteiger partial charge in [-0.15, -0.1) is 0 Å². The molecule has 0 bridgehead atoms. The minimum absolute atomic E-state index is 0.0485. The van der Waals surface area contributed by atoms with Gasteiger partial charge in [-0.25, -0.2) is 4.39 Å². The quantitative estimate of drug-likeness (QED) is 0.495. The van der Waals surface area contributed by atoms with E-state index >= 15 is 0 Å². The number of rotatable bonds is 8. The summed E-state index contributed by atoms with van der Waals surface area (Å²) in [5.41, 5.74) is 2.08. The average molecular weight is 369 g/mol. The van der Waals surface area contributed by atoms with E-state index in [1.807, 2.05) is 43.3 Å². The summed E-state index contributed by atoms with van der Waals surface area (Å²) >= 11 is 0. The molecule has 1 aliphatic carbocycles. The molecular formula is C22H28FN3O. The van der Waals surface area contributed by atoms with Gasteiger partial charge in [0, 0.05) is 24.9 Å². The molecule has 1 unspecified atom stereocenters. The van der Waals surface area contributed by atoms with Crippen LogP contribution in [0.4, 0.5) is 4.39 Å². The van der Waals surface area contributed by atoms with Gasteiger partial charge in [-0.3, -0.25) is 4.99 Å². The molecule has 0 amide bonds. The number of benzene rings is 2. The Hall–Kier alpha value is -2.40. The van der Waals surface area contributed by atoms with Gasteiger partial charge in [-0.2, -0.15) is 0 Å². The second-order valence-corrected chi connectivity index (χ2v) is 7.21. The van der Waals surface area contributed by atoms with Gasteiger partial charge in [-0.1, -0.05) is 42.5 Å². The molecule has 3 rings (SSSR count). The van der Waals surface area contributed by atoms with Crippen molar-refractivity contribution in [1.82, 2.24) is 10.6 Å². The lowest BCUT2D eigenvalue weighted by atomic mass is 9.96. The predicted molar refractivity (Wildman–Crippen MR) is 107 cm³/mol. The number of aliphatic hydroxyl groups is 1. The van der Waals surface area contributed by atoms with E-state index in [1.54, 1.807) is 12.1 Å². The summed E-state index contributed by atoms with van der Waals surface area (Å²) in [7, 11) is 0. The zero-order chi connectivity index (χ0) is 19.1. The Morgan fingerprint density at radius 2 is 1.93 bits per heavy atom. The first kappa shape index (κ1) is 19.4. The number of guanidine groups is 1. The molecule has 0 saturated heterocycles. The van der Waals surface area contributed by atoms with Crippen molar-refractivity contribution in [3.05, 3.63) is 71.5 Å². The van der Waals surface area contributed by atoms with Gasteiger partial charge >= 0.3 is 0 Å². The van der Waals surface area contributed by atoms with E-state index in [0.29, 0.717) is 25.5 Å². The highest BCUT2D eigenvalue weighted by Gasteiger charge is 2.44. The molecule has 4 nitrogen and oxygen atoms in total. The third-order valence-electron chi connectivity index (χ3n) is 4.99. The first-order valence-electron chi connectivity index (χ1n) is 9.61. The van der Waals surface area contributed by atoms with Crippen LogP contribution in [0.3, 0.4) is 0 Å². The van der Waals surface area contributed by atoms with E-state index in [2.05, 4.69) is 10.6 Å². The predicted octanol–water partition coefficient (Wildman–Crippen LogP) is 3.02. The smallest absolute Gasteiger partial charge is 0.191 e.